The van der Waals surface area contributed by atoms with Crippen LogP contribution >= 0.6 is 0 Å². The summed E-state index contributed by atoms with van der Waals surface area (Å²) in [6, 6.07) is 8.83. The molecule has 2 nitrogen and oxygen atoms in total. The number of hydrogen-bond acceptors (Lipinski definition) is 1. The highest BCUT2D eigenvalue weighted by Crippen LogP contribution is 2.33. The fraction of sp³-hybridized carbons (Fsp3) is 0.250. The van der Waals surface area contributed by atoms with Crippen LogP contribution in [0.4, 0.5) is 17.6 Å². The Bertz CT molecular complexity index is 869. The highest BCUT2D eigenvalue weighted by Gasteiger charge is 2.30. The Hall–Kier alpha value is -2.63. The molecule has 0 radical (unpaired) electrons. The fourth-order valence-electron chi connectivity index (χ4n) is 3.23. The number of hydrogen-bond donors (Lipinski definition) is 0. The maximum Gasteiger partial charge on any atom is 0.416 e. The Morgan fingerprint density at radius 2 is 1.77 bits per heavy atom. The molecule has 0 N–H and O–H groups in total. The van der Waals surface area contributed by atoms with Crippen molar-refractivity contribution < 1.29 is 22.4 Å². The average Bonchev–Trinajstić information content (AvgIpc) is 2.59. The van der Waals surface area contributed by atoms with E-state index in [2.05, 4.69) is 6.58 Å². The van der Waals surface area contributed by atoms with Crippen molar-refractivity contribution in [2.24, 2.45) is 0 Å². The minimum atomic E-state index is -4.38. The largest absolute Gasteiger partial charge is 0.416 e. The lowest BCUT2D eigenvalue weighted by Crippen LogP contribution is -2.36. The van der Waals surface area contributed by atoms with Crippen LogP contribution in [0.15, 0.2) is 48.8 Å². The Kier molecular flexibility index (Phi) is 4.61. The number of carbonyl (C=O) groups excluding carboxylic acids is 1. The van der Waals surface area contributed by atoms with Gasteiger partial charge >= 0.3 is 6.18 Å². The van der Waals surface area contributed by atoms with E-state index in [4.69, 9.17) is 0 Å². The molecule has 2 aromatic rings. The molecular weight excluding hydrogens is 346 g/mol. The lowest BCUT2D eigenvalue weighted by molar-refractivity contribution is -0.137. The molecule has 0 saturated carbocycles. The summed E-state index contributed by atoms with van der Waals surface area (Å²) < 4.78 is 51.3. The van der Waals surface area contributed by atoms with Gasteiger partial charge in [-0.05, 0) is 59.4 Å². The van der Waals surface area contributed by atoms with Crippen molar-refractivity contribution >= 4 is 5.91 Å². The van der Waals surface area contributed by atoms with Crippen molar-refractivity contribution in [1.29, 1.82) is 0 Å². The summed E-state index contributed by atoms with van der Waals surface area (Å²) in [7, 11) is 0. The molecule has 1 aliphatic heterocycles. The van der Waals surface area contributed by atoms with Crippen LogP contribution in [0.3, 0.4) is 0 Å². The minimum absolute atomic E-state index is 0.255. The molecule has 6 heteroatoms. The van der Waals surface area contributed by atoms with Gasteiger partial charge in [0.15, 0.2) is 5.83 Å². The van der Waals surface area contributed by atoms with Gasteiger partial charge in [-0.25, -0.2) is 4.39 Å². The average molecular weight is 363 g/mol. The number of halogens is 4. The predicted molar refractivity (Wildman–Crippen MR) is 91.0 cm³/mol. The molecule has 2 aromatic carbocycles. The van der Waals surface area contributed by atoms with Crippen LogP contribution in [0.1, 0.15) is 22.3 Å². The van der Waals surface area contributed by atoms with Gasteiger partial charge in [0.2, 0.25) is 0 Å². The quantitative estimate of drug-likeness (QED) is 0.540. The smallest absolute Gasteiger partial charge is 0.332 e. The highest BCUT2D eigenvalue weighted by atomic mass is 19.4. The van der Waals surface area contributed by atoms with Crippen LogP contribution in [0, 0.1) is 6.92 Å². The standard InChI is InChI=1S/C20H17F4NO/c1-12-9-15-7-8-25(19(26)13(2)21)11-16(15)10-18(12)14-3-5-17(6-4-14)20(22,23)24/h3-6,9-10H,2,7-8,11H2,1H3. The fourth-order valence-corrected chi connectivity index (χ4v) is 3.23. The van der Waals surface area contributed by atoms with Crippen molar-refractivity contribution in [2.75, 3.05) is 6.54 Å². The summed E-state index contributed by atoms with van der Waals surface area (Å²) in [5.74, 6) is -1.73. The van der Waals surface area contributed by atoms with Crippen LogP contribution < -0.4 is 0 Å². The van der Waals surface area contributed by atoms with E-state index >= 15 is 0 Å². The molecule has 0 saturated heterocycles. The van der Waals surface area contributed by atoms with E-state index in [1.807, 2.05) is 19.1 Å². The summed E-state index contributed by atoms with van der Waals surface area (Å²) in [5.41, 5.74) is 3.63. The van der Waals surface area contributed by atoms with Gasteiger partial charge in [0.1, 0.15) is 0 Å². The summed E-state index contributed by atoms with van der Waals surface area (Å²) in [6.45, 7) is 5.61. The molecule has 1 amide bonds. The number of aryl methyl sites for hydroxylation is 1. The van der Waals surface area contributed by atoms with Gasteiger partial charge in [-0.2, -0.15) is 13.2 Å². The molecule has 1 aliphatic rings. The topological polar surface area (TPSA) is 20.3 Å². The van der Waals surface area contributed by atoms with Crippen LogP contribution in [0.2, 0.25) is 0 Å². The third kappa shape index (κ3) is 3.49. The lowest BCUT2D eigenvalue weighted by atomic mass is 9.90. The highest BCUT2D eigenvalue weighted by molar-refractivity contribution is 5.90. The number of fused-ring (bicyclic) bond motifs is 1. The molecule has 0 atom stereocenters. The van der Waals surface area contributed by atoms with Crippen LogP contribution in [-0.4, -0.2) is 17.4 Å². The van der Waals surface area contributed by atoms with Gasteiger partial charge in [-0.3, -0.25) is 4.79 Å². The Morgan fingerprint density at radius 1 is 1.12 bits per heavy atom. The summed E-state index contributed by atoms with van der Waals surface area (Å²) in [5, 5.41) is 0. The molecule has 26 heavy (non-hydrogen) atoms. The van der Waals surface area contributed by atoms with Gasteiger partial charge in [-0.1, -0.05) is 24.8 Å². The Morgan fingerprint density at radius 3 is 2.35 bits per heavy atom. The summed E-state index contributed by atoms with van der Waals surface area (Å²) >= 11 is 0. The number of rotatable bonds is 2. The van der Waals surface area contributed by atoms with E-state index in [9.17, 15) is 22.4 Å². The normalized spacial score (nSPS) is 14.1. The molecule has 0 bridgehead atoms. The zero-order valence-electron chi connectivity index (χ0n) is 14.2. The number of carbonyl (C=O) groups is 1. The van der Waals surface area contributed by atoms with Crippen molar-refractivity contribution in [3.63, 3.8) is 0 Å². The number of amides is 1. The van der Waals surface area contributed by atoms with Gasteiger partial charge in [-0.15, -0.1) is 0 Å². The Labute approximate surface area is 148 Å². The minimum Gasteiger partial charge on any atom is -0.332 e. The van der Waals surface area contributed by atoms with Gasteiger partial charge in [0, 0.05) is 13.1 Å². The van der Waals surface area contributed by atoms with Gasteiger partial charge in [0.05, 0.1) is 5.56 Å². The zero-order chi connectivity index (χ0) is 19.1. The Balaban J connectivity index is 1.94. The molecule has 0 aliphatic carbocycles. The molecule has 0 spiro atoms. The van der Waals surface area contributed by atoms with Gasteiger partial charge in [0.25, 0.3) is 5.91 Å². The summed E-state index contributed by atoms with van der Waals surface area (Å²) in [6.07, 6.45) is -3.78. The number of benzene rings is 2. The predicted octanol–water partition coefficient (Wildman–Crippen LogP) is 5.05. The van der Waals surface area contributed by atoms with E-state index in [1.54, 1.807) is 0 Å². The van der Waals surface area contributed by atoms with Crippen molar-refractivity contribution in [2.45, 2.75) is 26.1 Å². The molecular formula is C20H17F4NO. The third-order valence-electron chi connectivity index (χ3n) is 4.60. The molecule has 0 aromatic heterocycles. The monoisotopic (exact) mass is 363 g/mol. The second-order valence-corrected chi connectivity index (χ2v) is 6.39. The molecule has 3 rings (SSSR count). The van der Waals surface area contributed by atoms with E-state index < -0.39 is 23.5 Å². The first kappa shape index (κ1) is 18.2. The van der Waals surface area contributed by atoms with Crippen molar-refractivity contribution in [3.05, 3.63) is 71.1 Å². The second kappa shape index (κ2) is 6.59. The lowest BCUT2D eigenvalue weighted by Gasteiger charge is -2.29. The summed E-state index contributed by atoms with van der Waals surface area (Å²) in [4.78, 5) is 13.2. The van der Waals surface area contributed by atoms with E-state index in [0.29, 0.717) is 18.5 Å². The first-order valence-electron chi connectivity index (χ1n) is 8.10. The van der Waals surface area contributed by atoms with E-state index in [-0.39, 0.29) is 6.54 Å². The second-order valence-electron chi connectivity index (χ2n) is 6.39. The van der Waals surface area contributed by atoms with Crippen molar-refractivity contribution in [1.82, 2.24) is 4.90 Å². The van der Waals surface area contributed by atoms with Crippen LogP contribution in [-0.2, 0) is 23.9 Å². The van der Waals surface area contributed by atoms with Crippen molar-refractivity contribution in [3.8, 4) is 11.1 Å². The molecule has 136 valence electrons. The third-order valence-corrected chi connectivity index (χ3v) is 4.60. The van der Waals surface area contributed by atoms with E-state index in [0.717, 1.165) is 34.4 Å². The van der Waals surface area contributed by atoms with E-state index in [1.165, 1.54) is 17.0 Å². The van der Waals surface area contributed by atoms with Crippen LogP contribution in [0.5, 0.6) is 0 Å². The number of alkyl halides is 3. The SMILES string of the molecule is C=C(F)C(=O)N1CCc2cc(C)c(-c3ccc(C(F)(F)F)cc3)cc2C1. The first-order valence-corrected chi connectivity index (χ1v) is 8.10. The number of nitrogens with zero attached hydrogens (tertiary/aromatic N) is 1. The zero-order valence-corrected chi connectivity index (χ0v) is 14.2. The first-order chi connectivity index (χ1) is 12.2. The molecule has 0 unspecified atom stereocenters. The molecule has 1 heterocycles. The maximum atomic E-state index is 13.1. The maximum absolute atomic E-state index is 13.1. The molecule has 0 fully saturated rings. The van der Waals surface area contributed by atoms with Gasteiger partial charge < -0.3 is 4.90 Å². The van der Waals surface area contributed by atoms with Crippen LogP contribution in [0.25, 0.3) is 11.1 Å².